The Kier molecular flexibility index (Phi) is 5.22. The molecular weight excluding hydrogens is 415 g/mol. The number of aromatic nitrogens is 1. The van der Waals surface area contributed by atoms with Crippen molar-refractivity contribution in [1.82, 2.24) is 4.98 Å². The van der Waals surface area contributed by atoms with Crippen molar-refractivity contribution in [3.8, 4) is 0 Å². The third-order valence-electron chi connectivity index (χ3n) is 2.47. The Morgan fingerprint density at radius 3 is 3.00 bits per heavy atom. The number of nitrogens with zero attached hydrogens (tertiary/aromatic N) is 1. The second kappa shape index (κ2) is 6.52. The second-order valence-corrected chi connectivity index (χ2v) is 7.43. The molecule has 1 atom stereocenters. The van der Waals surface area contributed by atoms with E-state index < -0.39 is 0 Å². The minimum Gasteiger partial charge on any atom is -0.301 e. The molecule has 3 nitrogen and oxygen atoms in total. The monoisotopic (exact) mass is 424 g/mol. The van der Waals surface area contributed by atoms with E-state index in [1.54, 1.807) is 6.07 Å². The highest BCUT2D eigenvalue weighted by atomic mass is 79.9. The standard InChI is InChI=1S/C12H11Br2ClN2OS/c1-2-3-7(13)11(18)17-12-16-10-8(14)4-6(15)5-9(10)19-12/h4-5,7H,2-3H2,1H3,(H,16,17,18). The van der Waals surface area contributed by atoms with Crippen LogP contribution in [-0.2, 0) is 4.79 Å². The van der Waals surface area contributed by atoms with E-state index in [1.165, 1.54) is 11.3 Å². The lowest BCUT2D eigenvalue weighted by Gasteiger charge is -2.06. The fraction of sp³-hybridized carbons (Fsp3) is 0.333. The van der Waals surface area contributed by atoms with Crippen molar-refractivity contribution in [3.05, 3.63) is 21.6 Å². The number of hydrogen-bond donors (Lipinski definition) is 1. The average molecular weight is 427 g/mol. The summed E-state index contributed by atoms with van der Waals surface area (Å²) in [7, 11) is 0. The third kappa shape index (κ3) is 3.68. The van der Waals surface area contributed by atoms with Gasteiger partial charge in [0.2, 0.25) is 5.91 Å². The van der Waals surface area contributed by atoms with Crippen molar-refractivity contribution in [2.24, 2.45) is 0 Å². The molecule has 0 bridgehead atoms. The van der Waals surface area contributed by atoms with E-state index in [1.807, 2.05) is 13.0 Å². The number of halogens is 3. The lowest BCUT2D eigenvalue weighted by Crippen LogP contribution is -2.22. The molecule has 1 unspecified atom stereocenters. The molecule has 102 valence electrons. The Bertz CT molecular complexity index is 617. The van der Waals surface area contributed by atoms with Crippen LogP contribution in [0.25, 0.3) is 10.2 Å². The molecule has 19 heavy (non-hydrogen) atoms. The molecule has 1 N–H and O–H groups in total. The first kappa shape index (κ1) is 15.2. The lowest BCUT2D eigenvalue weighted by atomic mass is 10.2. The number of anilines is 1. The number of rotatable bonds is 4. The number of carbonyl (C=O) groups excluding carboxylic acids is 1. The van der Waals surface area contributed by atoms with Crippen LogP contribution in [0.4, 0.5) is 5.13 Å². The molecule has 1 amide bonds. The van der Waals surface area contributed by atoms with Crippen molar-refractivity contribution >= 4 is 76.1 Å². The lowest BCUT2D eigenvalue weighted by molar-refractivity contribution is -0.115. The van der Waals surface area contributed by atoms with Gasteiger partial charge in [0.05, 0.1) is 15.0 Å². The van der Waals surface area contributed by atoms with Crippen molar-refractivity contribution in [1.29, 1.82) is 0 Å². The van der Waals surface area contributed by atoms with Gasteiger partial charge in [-0.15, -0.1) is 0 Å². The first-order valence-electron chi connectivity index (χ1n) is 5.71. The molecule has 1 heterocycles. The Balaban J connectivity index is 2.22. The summed E-state index contributed by atoms with van der Waals surface area (Å²) in [5, 5.41) is 4.05. The summed E-state index contributed by atoms with van der Waals surface area (Å²) in [6.07, 6.45) is 1.75. The van der Waals surface area contributed by atoms with Crippen molar-refractivity contribution in [2.45, 2.75) is 24.6 Å². The normalized spacial score (nSPS) is 12.6. The minimum absolute atomic E-state index is 0.0666. The fourth-order valence-corrected chi connectivity index (χ4v) is 4.18. The first-order valence-corrected chi connectivity index (χ1v) is 8.62. The molecule has 1 aromatic carbocycles. The molecule has 0 aliphatic heterocycles. The molecule has 0 spiro atoms. The van der Waals surface area contributed by atoms with Gasteiger partial charge < -0.3 is 5.32 Å². The van der Waals surface area contributed by atoms with Crippen molar-refractivity contribution in [3.63, 3.8) is 0 Å². The number of hydrogen-bond acceptors (Lipinski definition) is 3. The van der Waals surface area contributed by atoms with E-state index in [0.29, 0.717) is 10.2 Å². The Morgan fingerprint density at radius 1 is 1.58 bits per heavy atom. The highest BCUT2D eigenvalue weighted by molar-refractivity contribution is 9.10. The largest absolute Gasteiger partial charge is 0.301 e. The molecule has 7 heteroatoms. The maximum atomic E-state index is 11.9. The van der Waals surface area contributed by atoms with Crippen LogP contribution in [0.5, 0.6) is 0 Å². The summed E-state index contributed by atoms with van der Waals surface area (Å²) < 4.78 is 1.77. The third-order valence-corrected chi connectivity index (χ3v) is 5.08. The van der Waals surface area contributed by atoms with Crippen LogP contribution in [0.15, 0.2) is 16.6 Å². The Morgan fingerprint density at radius 2 is 2.32 bits per heavy atom. The van der Waals surface area contributed by atoms with Gasteiger partial charge in [0.25, 0.3) is 0 Å². The van der Waals surface area contributed by atoms with Crippen molar-refractivity contribution < 1.29 is 4.79 Å². The van der Waals surface area contributed by atoms with Gasteiger partial charge in [0, 0.05) is 9.50 Å². The number of fused-ring (bicyclic) bond motifs is 1. The summed E-state index contributed by atoms with van der Waals surface area (Å²) in [6, 6.07) is 3.63. The van der Waals surface area contributed by atoms with E-state index in [4.69, 9.17) is 11.6 Å². The van der Waals surface area contributed by atoms with Gasteiger partial charge >= 0.3 is 0 Å². The number of benzene rings is 1. The number of nitrogens with one attached hydrogen (secondary N) is 1. The van der Waals surface area contributed by atoms with Crippen LogP contribution in [-0.4, -0.2) is 15.7 Å². The van der Waals surface area contributed by atoms with E-state index in [0.717, 1.165) is 27.5 Å². The van der Waals surface area contributed by atoms with Gasteiger partial charge in [-0.2, -0.15) is 0 Å². The SMILES string of the molecule is CCCC(Br)C(=O)Nc1nc2c(Br)cc(Cl)cc2s1. The Labute approximate surface area is 137 Å². The van der Waals surface area contributed by atoms with Crippen LogP contribution in [0.1, 0.15) is 19.8 Å². The van der Waals surface area contributed by atoms with E-state index in [9.17, 15) is 4.79 Å². The smallest absolute Gasteiger partial charge is 0.239 e. The van der Waals surface area contributed by atoms with Gasteiger partial charge in [-0.25, -0.2) is 4.98 Å². The summed E-state index contributed by atoms with van der Waals surface area (Å²) in [5.74, 6) is -0.0666. The van der Waals surface area contributed by atoms with Crippen LogP contribution >= 0.6 is 54.8 Å². The molecule has 0 aliphatic rings. The maximum absolute atomic E-state index is 11.9. The van der Waals surface area contributed by atoms with Gasteiger partial charge in [0.15, 0.2) is 5.13 Å². The quantitative estimate of drug-likeness (QED) is 0.682. The van der Waals surface area contributed by atoms with Gasteiger partial charge in [-0.05, 0) is 34.5 Å². The summed E-state index contributed by atoms with van der Waals surface area (Å²) >= 11 is 14.2. The summed E-state index contributed by atoms with van der Waals surface area (Å²) in [4.78, 5) is 16.1. The van der Waals surface area contributed by atoms with E-state index >= 15 is 0 Å². The summed E-state index contributed by atoms with van der Waals surface area (Å²) in [6.45, 7) is 2.04. The number of thiazole rings is 1. The zero-order valence-corrected chi connectivity index (χ0v) is 14.8. The molecular formula is C12H11Br2ClN2OS. The predicted octanol–water partition coefficient (Wildman–Crippen LogP) is 5.21. The van der Waals surface area contributed by atoms with Gasteiger partial charge in [0.1, 0.15) is 0 Å². The number of carbonyl (C=O) groups is 1. The minimum atomic E-state index is -0.184. The van der Waals surface area contributed by atoms with Crippen LogP contribution in [0, 0.1) is 0 Å². The second-order valence-electron chi connectivity index (χ2n) is 4.00. The van der Waals surface area contributed by atoms with E-state index in [2.05, 4.69) is 42.2 Å². The molecule has 1 aromatic heterocycles. The average Bonchev–Trinajstić information content (AvgIpc) is 2.72. The van der Waals surface area contributed by atoms with E-state index in [-0.39, 0.29) is 10.7 Å². The molecule has 0 radical (unpaired) electrons. The zero-order chi connectivity index (χ0) is 14.0. The van der Waals surface area contributed by atoms with Crippen LogP contribution < -0.4 is 5.32 Å². The zero-order valence-electron chi connectivity index (χ0n) is 10.0. The topological polar surface area (TPSA) is 42.0 Å². The molecule has 2 rings (SSSR count). The molecule has 0 saturated heterocycles. The predicted molar refractivity (Wildman–Crippen MR) is 88.6 cm³/mol. The molecule has 0 saturated carbocycles. The fourth-order valence-electron chi connectivity index (χ4n) is 1.58. The first-order chi connectivity index (χ1) is 9.01. The number of amides is 1. The summed E-state index contributed by atoms with van der Waals surface area (Å²) in [5.41, 5.74) is 0.811. The van der Waals surface area contributed by atoms with Crippen LogP contribution in [0.2, 0.25) is 5.02 Å². The van der Waals surface area contributed by atoms with Crippen LogP contribution in [0.3, 0.4) is 0 Å². The maximum Gasteiger partial charge on any atom is 0.239 e. The van der Waals surface area contributed by atoms with Gasteiger partial charge in [-0.3, -0.25) is 4.79 Å². The number of alkyl halides is 1. The van der Waals surface area contributed by atoms with Crippen molar-refractivity contribution in [2.75, 3.05) is 5.32 Å². The van der Waals surface area contributed by atoms with Gasteiger partial charge in [-0.1, -0.05) is 52.2 Å². The highest BCUT2D eigenvalue weighted by Gasteiger charge is 2.16. The Hall–Kier alpha value is -0.170. The molecule has 2 aromatic rings. The highest BCUT2D eigenvalue weighted by Crippen LogP contribution is 2.34. The molecule has 0 fully saturated rings. The molecule has 0 aliphatic carbocycles.